The summed E-state index contributed by atoms with van der Waals surface area (Å²) in [5.74, 6) is 0. The Morgan fingerprint density at radius 3 is 3.08 bits per heavy atom. The summed E-state index contributed by atoms with van der Waals surface area (Å²) >= 11 is 3.45. The smallest absolute Gasteiger partial charge is 0.136 e. The van der Waals surface area contributed by atoms with Crippen molar-refractivity contribution in [2.75, 3.05) is 0 Å². The summed E-state index contributed by atoms with van der Waals surface area (Å²) in [6.07, 6.45) is 6.25. The Balaban J connectivity index is 2.58. The van der Waals surface area contributed by atoms with E-state index >= 15 is 0 Å². The van der Waals surface area contributed by atoms with Gasteiger partial charge in [0.05, 0.1) is 0 Å². The molecule has 0 atom stereocenters. The van der Waals surface area contributed by atoms with Gasteiger partial charge < -0.3 is 4.40 Å². The molecule has 0 aliphatic heterocycles. The van der Waals surface area contributed by atoms with Crippen LogP contribution in [0.2, 0.25) is 0 Å². The fourth-order valence-electron chi connectivity index (χ4n) is 1.45. The summed E-state index contributed by atoms with van der Waals surface area (Å²) in [5, 5.41) is 0. The van der Waals surface area contributed by atoms with E-state index in [9.17, 15) is 0 Å². The maximum Gasteiger partial charge on any atom is 0.136 e. The predicted molar refractivity (Wildman–Crippen MR) is 56.9 cm³/mol. The van der Waals surface area contributed by atoms with E-state index in [0.29, 0.717) is 0 Å². The summed E-state index contributed by atoms with van der Waals surface area (Å²) in [6.45, 7) is 2.18. The molecule has 2 aromatic heterocycles. The van der Waals surface area contributed by atoms with Crippen molar-refractivity contribution in [2.24, 2.45) is 0 Å². The SMILES string of the molecule is CCCc1cnc2ccc(Br)cn12. The molecule has 68 valence electrons. The Kier molecular flexibility index (Phi) is 2.36. The Hall–Kier alpha value is -0.830. The molecule has 0 N–H and O–H groups in total. The molecular weight excluding hydrogens is 228 g/mol. The molecule has 0 unspecified atom stereocenters. The topological polar surface area (TPSA) is 17.3 Å². The highest BCUT2D eigenvalue weighted by Crippen LogP contribution is 2.14. The second-order valence-electron chi connectivity index (χ2n) is 3.08. The first kappa shape index (κ1) is 8.75. The maximum atomic E-state index is 4.32. The van der Waals surface area contributed by atoms with Gasteiger partial charge in [-0.25, -0.2) is 4.98 Å². The van der Waals surface area contributed by atoms with E-state index in [1.165, 1.54) is 5.69 Å². The third kappa shape index (κ3) is 1.61. The third-order valence-electron chi connectivity index (χ3n) is 2.05. The van der Waals surface area contributed by atoms with Crippen LogP contribution in [0.15, 0.2) is 29.0 Å². The zero-order valence-corrected chi connectivity index (χ0v) is 9.08. The minimum Gasteiger partial charge on any atom is -0.303 e. The van der Waals surface area contributed by atoms with Crippen molar-refractivity contribution in [1.82, 2.24) is 9.38 Å². The number of rotatable bonds is 2. The zero-order valence-electron chi connectivity index (χ0n) is 7.50. The van der Waals surface area contributed by atoms with Crippen LogP contribution in [-0.4, -0.2) is 9.38 Å². The van der Waals surface area contributed by atoms with Gasteiger partial charge in [-0.05, 0) is 34.5 Å². The van der Waals surface area contributed by atoms with Crippen LogP contribution in [-0.2, 0) is 6.42 Å². The van der Waals surface area contributed by atoms with Crippen LogP contribution in [0.4, 0.5) is 0 Å². The van der Waals surface area contributed by atoms with Crippen LogP contribution in [0.1, 0.15) is 19.0 Å². The van der Waals surface area contributed by atoms with Crippen LogP contribution in [0.3, 0.4) is 0 Å². The Labute approximate surface area is 85.7 Å². The summed E-state index contributed by atoms with van der Waals surface area (Å²) in [6, 6.07) is 4.03. The lowest BCUT2D eigenvalue weighted by Crippen LogP contribution is -1.91. The van der Waals surface area contributed by atoms with Gasteiger partial charge in [0, 0.05) is 22.6 Å². The van der Waals surface area contributed by atoms with Crippen molar-refractivity contribution in [2.45, 2.75) is 19.8 Å². The lowest BCUT2D eigenvalue weighted by atomic mass is 10.3. The molecule has 0 aliphatic carbocycles. The minimum absolute atomic E-state index is 1.02. The van der Waals surface area contributed by atoms with E-state index in [-0.39, 0.29) is 0 Å². The number of imidazole rings is 1. The average Bonchev–Trinajstić information content (AvgIpc) is 2.49. The Bertz CT molecular complexity index is 420. The minimum atomic E-state index is 1.02. The highest BCUT2D eigenvalue weighted by Gasteiger charge is 2.01. The fraction of sp³-hybridized carbons (Fsp3) is 0.300. The zero-order chi connectivity index (χ0) is 9.26. The molecule has 0 saturated carbocycles. The summed E-state index contributed by atoms with van der Waals surface area (Å²) < 4.78 is 3.23. The normalized spacial score (nSPS) is 10.9. The van der Waals surface area contributed by atoms with E-state index < -0.39 is 0 Å². The monoisotopic (exact) mass is 238 g/mol. The molecule has 0 radical (unpaired) electrons. The highest BCUT2D eigenvalue weighted by molar-refractivity contribution is 9.10. The number of aromatic nitrogens is 2. The molecule has 0 fully saturated rings. The van der Waals surface area contributed by atoms with Gasteiger partial charge in [-0.3, -0.25) is 0 Å². The van der Waals surface area contributed by atoms with Gasteiger partial charge in [-0.1, -0.05) is 13.3 Å². The van der Waals surface area contributed by atoms with Crippen LogP contribution in [0.5, 0.6) is 0 Å². The van der Waals surface area contributed by atoms with E-state index in [0.717, 1.165) is 23.0 Å². The first-order chi connectivity index (χ1) is 6.31. The predicted octanol–water partition coefficient (Wildman–Crippen LogP) is 3.05. The van der Waals surface area contributed by atoms with Crippen molar-refractivity contribution >= 4 is 21.6 Å². The van der Waals surface area contributed by atoms with Gasteiger partial charge in [0.25, 0.3) is 0 Å². The van der Waals surface area contributed by atoms with Crippen molar-refractivity contribution in [3.63, 3.8) is 0 Å². The van der Waals surface area contributed by atoms with Gasteiger partial charge in [0.15, 0.2) is 0 Å². The quantitative estimate of drug-likeness (QED) is 0.787. The van der Waals surface area contributed by atoms with Gasteiger partial charge in [0.1, 0.15) is 5.65 Å². The van der Waals surface area contributed by atoms with Crippen LogP contribution in [0.25, 0.3) is 5.65 Å². The van der Waals surface area contributed by atoms with E-state index in [1.54, 1.807) is 0 Å². The first-order valence-electron chi connectivity index (χ1n) is 4.42. The summed E-state index contributed by atoms with van der Waals surface area (Å²) in [7, 11) is 0. The van der Waals surface area contributed by atoms with Crippen molar-refractivity contribution in [1.29, 1.82) is 0 Å². The van der Waals surface area contributed by atoms with Gasteiger partial charge >= 0.3 is 0 Å². The summed E-state index contributed by atoms with van der Waals surface area (Å²) in [5.41, 5.74) is 2.30. The Morgan fingerprint density at radius 1 is 1.46 bits per heavy atom. The molecular formula is C10H11BrN2. The molecule has 2 nitrogen and oxygen atoms in total. The lowest BCUT2D eigenvalue weighted by Gasteiger charge is -1.99. The third-order valence-corrected chi connectivity index (χ3v) is 2.52. The largest absolute Gasteiger partial charge is 0.303 e. The van der Waals surface area contributed by atoms with Gasteiger partial charge in [-0.2, -0.15) is 0 Å². The van der Waals surface area contributed by atoms with E-state index in [2.05, 4.69) is 38.4 Å². The molecule has 0 aromatic carbocycles. The van der Waals surface area contributed by atoms with Crippen molar-refractivity contribution in [3.05, 3.63) is 34.7 Å². The highest BCUT2D eigenvalue weighted by atomic mass is 79.9. The van der Waals surface area contributed by atoms with Crippen LogP contribution >= 0.6 is 15.9 Å². The van der Waals surface area contributed by atoms with Crippen molar-refractivity contribution in [3.8, 4) is 0 Å². The molecule has 0 saturated heterocycles. The van der Waals surface area contributed by atoms with Gasteiger partial charge in [-0.15, -0.1) is 0 Å². The number of fused-ring (bicyclic) bond motifs is 1. The van der Waals surface area contributed by atoms with E-state index in [1.807, 2.05) is 18.3 Å². The standard InChI is InChI=1S/C10H11BrN2/c1-2-3-9-6-12-10-5-4-8(11)7-13(9)10/h4-7H,2-3H2,1H3. The van der Waals surface area contributed by atoms with Crippen LogP contribution in [0, 0.1) is 0 Å². The molecule has 3 heteroatoms. The van der Waals surface area contributed by atoms with Gasteiger partial charge in [0.2, 0.25) is 0 Å². The number of nitrogens with zero attached hydrogens (tertiary/aromatic N) is 2. The number of pyridine rings is 1. The van der Waals surface area contributed by atoms with Crippen LogP contribution < -0.4 is 0 Å². The average molecular weight is 239 g/mol. The Morgan fingerprint density at radius 2 is 2.31 bits per heavy atom. The number of hydrogen-bond acceptors (Lipinski definition) is 1. The molecule has 0 amide bonds. The van der Waals surface area contributed by atoms with E-state index in [4.69, 9.17) is 0 Å². The van der Waals surface area contributed by atoms with Crippen molar-refractivity contribution < 1.29 is 0 Å². The lowest BCUT2D eigenvalue weighted by molar-refractivity contribution is 0.867. The molecule has 2 aromatic rings. The second-order valence-corrected chi connectivity index (χ2v) is 3.99. The number of hydrogen-bond donors (Lipinski definition) is 0. The number of halogens is 1. The molecule has 13 heavy (non-hydrogen) atoms. The first-order valence-corrected chi connectivity index (χ1v) is 5.22. The number of aryl methyl sites for hydroxylation is 1. The molecule has 0 bridgehead atoms. The molecule has 2 heterocycles. The second kappa shape index (κ2) is 3.50. The molecule has 0 spiro atoms. The molecule has 0 aliphatic rings. The maximum absolute atomic E-state index is 4.32. The fourth-order valence-corrected chi connectivity index (χ4v) is 1.78. The molecule has 2 rings (SSSR count). The summed E-state index contributed by atoms with van der Waals surface area (Å²) in [4.78, 5) is 4.32.